The average molecular weight is 374 g/mol. The number of nitrogens with zero attached hydrogens (tertiary/aromatic N) is 3. The number of amides is 1. The molecular formula is C24H27N3O. The van der Waals surface area contributed by atoms with Gasteiger partial charge in [0.2, 0.25) is 0 Å². The molecule has 3 rings (SSSR count). The molecule has 0 bridgehead atoms. The number of hydrogen-bond donors (Lipinski definition) is 0. The zero-order chi connectivity index (χ0) is 19.8. The molecule has 28 heavy (non-hydrogen) atoms. The van der Waals surface area contributed by atoms with Crippen LogP contribution in [0.15, 0.2) is 79.1 Å². The second-order valence-electron chi connectivity index (χ2n) is 6.74. The summed E-state index contributed by atoms with van der Waals surface area (Å²) in [5.41, 5.74) is 3.95. The first-order valence-corrected chi connectivity index (χ1v) is 9.78. The van der Waals surface area contributed by atoms with Crippen LogP contribution in [-0.4, -0.2) is 28.9 Å². The smallest absolute Gasteiger partial charge is 0.255 e. The van der Waals surface area contributed by atoms with Gasteiger partial charge in [0.1, 0.15) is 0 Å². The fourth-order valence-electron chi connectivity index (χ4n) is 3.22. The normalized spacial score (nSPS) is 10.5. The van der Waals surface area contributed by atoms with Crippen LogP contribution in [0.1, 0.15) is 35.3 Å². The molecule has 0 fully saturated rings. The molecule has 4 nitrogen and oxygen atoms in total. The summed E-state index contributed by atoms with van der Waals surface area (Å²) in [7, 11) is 0. The van der Waals surface area contributed by atoms with Crippen LogP contribution in [-0.2, 0) is 13.1 Å². The van der Waals surface area contributed by atoms with Crippen LogP contribution in [0.5, 0.6) is 0 Å². The van der Waals surface area contributed by atoms with E-state index >= 15 is 0 Å². The Morgan fingerprint density at radius 2 is 1.43 bits per heavy atom. The Labute approximate surface area is 167 Å². The third-order valence-corrected chi connectivity index (χ3v) is 4.82. The van der Waals surface area contributed by atoms with E-state index in [2.05, 4.69) is 28.9 Å². The van der Waals surface area contributed by atoms with Gasteiger partial charge in [-0.1, -0.05) is 60.7 Å². The largest absolute Gasteiger partial charge is 0.366 e. The molecule has 0 aliphatic heterocycles. The third-order valence-electron chi connectivity index (χ3n) is 4.82. The quantitative estimate of drug-likeness (QED) is 0.571. The molecule has 0 radical (unpaired) electrons. The van der Waals surface area contributed by atoms with Crippen LogP contribution >= 0.6 is 0 Å². The molecule has 1 aromatic heterocycles. The molecule has 0 atom stereocenters. The molecule has 0 spiro atoms. The van der Waals surface area contributed by atoms with Crippen molar-refractivity contribution in [2.24, 2.45) is 0 Å². The predicted octanol–water partition coefficient (Wildman–Crippen LogP) is 4.77. The molecule has 0 saturated heterocycles. The summed E-state index contributed by atoms with van der Waals surface area (Å²) in [5, 5.41) is 0. The molecule has 0 unspecified atom stereocenters. The van der Waals surface area contributed by atoms with Gasteiger partial charge in [-0.05, 0) is 31.0 Å². The van der Waals surface area contributed by atoms with Crippen molar-refractivity contribution in [2.45, 2.75) is 26.9 Å². The van der Waals surface area contributed by atoms with Crippen molar-refractivity contribution < 1.29 is 4.79 Å². The van der Waals surface area contributed by atoms with E-state index in [1.807, 2.05) is 72.6 Å². The van der Waals surface area contributed by atoms with E-state index in [9.17, 15) is 4.79 Å². The van der Waals surface area contributed by atoms with E-state index in [-0.39, 0.29) is 5.91 Å². The van der Waals surface area contributed by atoms with Gasteiger partial charge in [-0.3, -0.25) is 9.78 Å². The topological polar surface area (TPSA) is 36.4 Å². The number of pyridine rings is 1. The average Bonchev–Trinajstić information content (AvgIpc) is 2.77. The predicted molar refractivity (Wildman–Crippen MR) is 114 cm³/mol. The number of carbonyl (C=O) groups is 1. The molecular weight excluding hydrogens is 346 g/mol. The number of aromatic nitrogens is 1. The van der Waals surface area contributed by atoms with Crippen LogP contribution in [0, 0.1) is 0 Å². The summed E-state index contributed by atoms with van der Waals surface area (Å²) >= 11 is 0. The maximum absolute atomic E-state index is 13.1. The van der Waals surface area contributed by atoms with Gasteiger partial charge < -0.3 is 9.80 Å². The van der Waals surface area contributed by atoms with Gasteiger partial charge >= 0.3 is 0 Å². The molecule has 2 aromatic carbocycles. The first-order chi connectivity index (χ1) is 13.7. The lowest BCUT2D eigenvalue weighted by atomic mass is 10.1. The SMILES string of the molecule is CCN(Cc1ccccc1)C(=O)c1cncc(N(CC)Cc2ccccc2)c1. The van der Waals surface area contributed by atoms with Crippen molar-refractivity contribution in [3.63, 3.8) is 0 Å². The maximum Gasteiger partial charge on any atom is 0.255 e. The Bertz CT molecular complexity index is 881. The molecule has 1 heterocycles. The Balaban J connectivity index is 1.77. The Kier molecular flexibility index (Phi) is 6.79. The molecule has 144 valence electrons. The van der Waals surface area contributed by atoms with Crippen LogP contribution in [0.4, 0.5) is 5.69 Å². The first kappa shape index (κ1) is 19.6. The fourth-order valence-corrected chi connectivity index (χ4v) is 3.22. The molecule has 0 N–H and O–H groups in total. The number of benzene rings is 2. The Hall–Kier alpha value is -3.14. The number of anilines is 1. The lowest BCUT2D eigenvalue weighted by Gasteiger charge is -2.25. The van der Waals surface area contributed by atoms with Crippen molar-refractivity contribution >= 4 is 11.6 Å². The highest BCUT2D eigenvalue weighted by molar-refractivity contribution is 5.94. The van der Waals surface area contributed by atoms with Gasteiger partial charge in [0.25, 0.3) is 5.91 Å². The summed E-state index contributed by atoms with van der Waals surface area (Å²) < 4.78 is 0. The van der Waals surface area contributed by atoms with Crippen molar-refractivity contribution in [1.29, 1.82) is 0 Å². The molecule has 3 aromatic rings. The van der Waals surface area contributed by atoms with Crippen LogP contribution < -0.4 is 4.90 Å². The Morgan fingerprint density at radius 1 is 0.821 bits per heavy atom. The lowest BCUT2D eigenvalue weighted by molar-refractivity contribution is 0.0752. The van der Waals surface area contributed by atoms with Crippen molar-refractivity contribution in [3.8, 4) is 0 Å². The highest BCUT2D eigenvalue weighted by atomic mass is 16.2. The summed E-state index contributed by atoms with van der Waals surface area (Å²) in [6.45, 7) is 7.01. The van der Waals surface area contributed by atoms with Gasteiger partial charge in [0.15, 0.2) is 0 Å². The number of hydrogen-bond acceptors (Lipinski definition) is 3. The van der Waals surface area contributed by atoms with Crippen LogP contribution in [0.2, 0.25) is 0 Å². The lowest BCUT2D eigenvalue weighted by Crippen LogP contribution is -2.30. The van der Waals surface area contributed by atoms with Gasteiger partial charge in [-0.2, -0.15) is 0 Å². The minimum atomic E-state index is 0.0106. The van der Waals surface area contributed by atoms with E-state index in [4.69, 9.17) is 0 Å². The first-order valence-electron chi connectivity index (χ1n) is 9.78. The standard InChI is InChI=1S/C24H27N3O/c1-3-26(18-20-11-7-5-8-12-20)23-15-22(16-25-17-23)24(28)27(4-2)19-21-13-9-6-10-14-21/h5-17H,3-4,18-19H2,1-2H3. The minimum absolute atomic E-state index is 0.0106. The summed E-state index contributed by atoms with van der Waals surface area (Å²) in [4.78, 5) is 21.5. The Morgan fingerprint density at radius 3 is 2.00 bits per heavy atom. The second-order valence-corrected chi connectivity index (χ2v) is 6.74. The van der Waals surface area contributed by atoms with Crippen molar-refractivity contribution in [2.75, 3.05) is 18.0 Å². The second kappa shape index (κ2) is 9.70. The summed E-state index contributed by atoms with van der Waals surface area (Å²) in [6, 6.07) is 22.4. The van der Waals surface area contributed by atoms with Crippen LogP contribution in [0.25, 0.3) is 0 Å². The van der Waals surface area contributed by atoms with E-state index in [0.29, 0.717) is 18.7 Å². The highest BCUT2D eigenvalue weighted by Crippen LogP contribution is 2.19. The monoisotopic (exact) mass is 373 g/mol. The fraction of sp³-hybridized carbons (Fsp3) is 0.250. The molecule has 0 aliphatic carbocycles. The zero-order valence-corrected chi connectivity index (χ0v) is 16.6. The molecule has 0 saturated carbocycles. The van der Waals surface area contributed by atoms with E-state index < -0.39 is 0 Å². The summed E-state index contributed by atoms with van der Waals surface area (Å²) in [6.07, 6.45) is 3.49. The van der Waals surface area contributed by atoms with E-state index in [1.54, 1.807) is 6.20 Å². The van der Waals surface area contributed by atoms with E-state index in [0.717, 1.165) is 24.3 Å². The van der Waals surface area contributed by atoms with Crippen molar-refractivity contribution in [1.82, 2.24) is 9.88 Å². The third kappa shape index (κ3) is 4.97. The van der Waals surface area contributed by atoms with Crippen LogP contribution in [0.3, 0.4) is 0 Å². The molecule has 0 aliphatic rings. The van der Waals surface area contributed by atoms with Gasteiger partial charge in [0, 0.05) is 32.4 Å². The maximum atomic E-state index is 13.1. The zero-order valence-electron chi connectivity index (χ0n) is 16.6. The van der Waals surface area contributed by atoms with Gasteiger partial charge in [-0.25, -0.2) is 0 Å². The summed E-state index contributed by atoms with van der Waals surface area (Å²) in [5.74, 6) is 0.0106. The number of carbonyl (C=O) groups excluding carboxylic acids is 1. The van der Waals surface area contributed by atoms with E-state index in [1.165, 1.54) is 5.56 Å². The molecule has 1 amide bonds. The van der Waals surface area contributed by atoms with Crippen molar-refractivity contribution in [3.05, 3.63) is 95.8 Å². The number of rotatable bonds is 8. The van der Waals surface area contributed by atoms with Gasteiger partial charge in [-0.15, -0.1) is 0 Å². The minimum Gasteiger partial charge on any atom is -0.366 e. The van der Waals surface area contributed by atoms with Gasteiger partial charge in [0.05, 0.1) is 17.4 Å². The highest BCUT2D eigenvalue weighted by Gasteiger charge is 2.17. The molecule has 4 heteroatoms.